The maximum Gasteiger partial charge on any atom is -0.0245 e. The van der Waals surface area contributed by atoms with Crippen molar-refractivity contribution in [1.29, 1.82) is 0 Å². The lowest BCUT2D eigenvalue weighted by Crippen LogP contribution is -2.03. The standard InChI is InChI=1S/C12H18/c1-9(2)12-7-10-5-3-4-6-11(10)8-12/h3,5,9,12H,4,6-8H2,1-2H3. The van der Waals surface area contributed by atoms with E-state index in [0.29, 0.717) is 0 Å². The van der Waals surface area contributed by atoms with Crippen molar-refractivity contribution in [3.05, 3.63) is 23.3 Å². The predicted octanol–water partition coefficient (Wildman–Crippen LogP) is 3.70. The highest BCUT2D eigenvalue weighted by Gasteiger charge is 2.25. The van der Waals surface area contributed by atoms with Gasteiger partial charge in [-0.3, -0.25) is 0 Å². The van der Waals surface area contributed by atoms with E-state index < -0.39 is 0 Å². The Morgan fingerprint density at radius 2 is 2.17 bits per heavy atom. The average molecular weight is 162 g/mol. The first-order valence-electron chi connectivity index (χ1n) is 5.15. The molecule has 0 saturated carbocycles. The molecule has 2 rings (SSSR count). The lowest BCUT2D eigenvalue weighted by atomic mass is 9.92. The average Bonchev–Trinajstić information content (AvgIpc) is 2.46. The normalized spacial score (nSPS) is 28.4. The predicted molar refractivity (Wildman–Crippen MR) is 53.0 cm³/mol. The van der Waals surface area contributed by atoms with Gasteiger partial charge in [0.25, 0.3) is 0 Å². The lowest BCUT2D eigenvalue weighted by molar-refractivity contribution is 0.401. The molecule has 2 aliphatic carbocycles. The minimum Gasteiger partial charge on any atom is -0.0839 e. The van der Waals surface area contributed by atoms with Crippen LogP contribution in [0.15, 0.2) is 23.3 Å². The zero-order chi connectivity index (χ0) is 8.55. The van der Waals surface area contributed by atoms with Gasteiger partial charge in [-0.2, -0.15) is 0 Å². The number of hydrogen-bond acceptors (Lipinski definition) is 0. The van der Waals surface area contributed by atoms with E-state index in [-0.39, 0.29) is 0 Å². The van der Waals surface area contributed by atoms with E-state index >= 15 is 0 Å². The first kappa shape index (κ1) is 8.10. The van der Waals surface area contributed by atoms with Gasteiger partial charge in [0.15, 0.2) is 0 Å². The summed E-state index contributed by atoms with van der Waals surface area (Å²) in [6.07, 6.45) is 10.1. The molecule has 2 aliphatic rings. The maximum absolute atomic E-state index is 2.36. The van der Waals surface area contributed by atoms with Crippen LogP contribution in [0.4, 0.5) is 0 Å². The van der Waals surface area contributed by atoms with Gasteiger partial charge in [-0.15, -0.1) is 0 Å². The second kappa shape index (κ2) is 3.08. The van der Waals surface area contributed by atoms with Crippen molar-refractivity contribution in [1.82, 2.24) is 0 Å². The summed E-state index contributed by atoms with van der Waals surface area (Å²) in [6.45, 7) is 4.71. The van der Waals surface area contributed by atoms with Gasteiger partial charge in [-0.1, -0.05) is 31.6 Å². The van der Waals surface area contributed by atoms with Crippen molar-refractivity contribution in [2.75, 3.05) is 0 Å². The molecule has 0 heterocycles. The molecule has 0 aromatic rings. The van der Waals surface area contributed by atoms with E-state index in [4.69, 9.17) is 0 Å². The molecule has 0 radical (unpaired) electrons. The Kier molecular flexibility index (Phi) is 2.08. The van der Waals surface area contributed by atoms with Crippen LogP contribution in [0.5, 0.6) is 0 Å². The van der Waals surface area contributed by atoms with E-state index in [9.17, 15) is 0 Å². The van der Waals surface area contributed by atoms with Crippen LogP contribution >= 0.6 is 0 Å². The molecule has 12 heavy (non-hydrogen) atoms. The van der Waals surface area contributed by atoms with Crippen molar-refractivity contribution < 1.29 is 0 Å². The van der Waals surface area contributed by atoms with Gasteiger partial charge in [-0.05, 0) is 43.1 Å². The highest BCUT2D eigenvalue weighted by Crippen LogP contribution is 2.40. The Morgan fingerprint density at radius 3 is 2.83 bits per heavy atom. The zero-order valence-corrected chi connectivity index (χ0v) is 8.14. The molecular formula is C12H18. The summed E-state index contributed by atoms with van der Waals surface area (Å²) in [5.74, 6) is 1.81. The van der Waals surface area contributed by atoms with E-state index in [2.05, 4.69) is 26.0 Å². The molecule has 66 valence electrons. The molecular weight excluding hydrogens is 144 g/mol. The summed E-state index contributed by atoms with van der Waals surface area (Å²) in [5.41, 5.74) is 3.43. The van der Waals surface area contributed by atoms with Crippen molar-refractivity contribution in [2.45, 2.75) is 39.5 Å². The third-order valence-electron chi connectivity index (χ3n) is 3.32. The summed E-state index contributed by atoms with van der Waals surface area (Å²) < 4.78 is 0. The van der Waals surface area contributed by atoms with Gasteiger partial charge in [-0.25, -0.2) is 0 Å². The van der Waals surface area contributed by atoms with Gasteiger partial charge in [0.2, 0.25) is 0 Å². The molecule has 0 bridgehead atoms. The van der Waals surface area contributed by atoms with E-state index in [1.54, 1.807) is 11.1 Å². The minimum atomic E-state index is 0.865. The first-order chi connectivity index (χ1) is 5.77. The second-order valence-corrected chi connectivity index (χ2v) is 4.48. The minimum absolute atomic E-state index is 0.865. The lowest BCUT2D eigenvalue weighted by Gasteiger charge is -2.13. The van der Waals surface area contributed by atoms with Crippen molar-refractivity contribution >= 4 is 0 Å². The van der Waals surface area contributed by atoms with Crippen LogP contribution in [-0.2, 0) is 0 Å². The molecule has 0 spiro atoms. The third-order valence-corrected chi connectivity index (χ3v) is 3.32. The topological polar surface area (TPSA) is 0 Å². The highest BCUT2D eigenvalue weighted by atomic mass is 14.3. The fourth-order valence-electron chi connectivity index (χ4n) is 2.35. The van der Waals surface area contributed by atoms with Crippen molar-refractivity contribution in [3.63, 3.8) is 0 Å². The Morgan fingerprint density at radius 1 is 1.33 bits per heavy atom. The van der Waals surface area contributed by atoms with Gasteiger partial charge >= 0.3 is 0 Å². The summed E-state index contributed by atoms with van der Waals surface area (Å²) >= 11 is 0. The van der Waals surface area contributed by atoms with Gasteiger partial charge < -0.3 is 0 Å². The molecule has 0 amide bonds. The molecule has 1 unspecified atom stereocenters. The van der Waals surface area contributed by atoms with E-state index in [1.807, 2.05) is 0 Å². The molecule has 0 fully saturated rings. The van der Waals surface area contributed by atoms with Gasteiger partial charge in [0, 0.05) is 0 Å². The number of allylic oxidation sites excluding steroid dienone is 4. The third kappa shape index (κ3) is 1.35. The first-order valence-corrected chi connectivity index (χ1v) is 5.15. The van der Waals surface area contributed by atoms with Crippen LogP contribution < -0.4 is 0 Å². The van der Waals surface area contributed by atoms with Crippen LogP contribution in [0.3, 0.4) is 0 Å². The summed E-state index contributed by atoms with van der Waals surface area (Å²) in [6, 6.07) is 0. The van der Waals surface area contributed by atoms with Crippen molar-refractivity contribution in [3.8, 4) is 0 Å². The van der Waals surface area contributed by atoms with Crippen LogP contribution in [0.25, 0.3) is 0 Å². The number of rotatable bonds is 1. The van der Waals surface area contributed by atoms with Gasteiger partial charge in [0.1, 0.15) is 0 Å². The fraction of sp³-hybridized carbons (Fsp3) is 0.667. The van der Waals surface area contributed by atoms with Crippen LogP contribution in [0.1, 0.15) is 39.5 Å². The smallest absolute Gasteiger partial charge is 0.0245 e. The van der Waals surface area contributed by atoms with Crippen molar-refractivity contribution in [2.24, 2.45) is 11.8 Å². The Hall–Kier alpha value is -0.520. The summed E-state index contributed by atoms with van der Waals surface area (Å²) in [7, 11) is 0. The molecule has 0 heteroatoms. The fourth-order valence-corrected chi connectivity index (χ4v) is 2.35. The van der Waals surface area contributed by atoms with Gasteiger partial charge in [0.05, 0.1) is 0 Å². The molecule has 0 N–H and O–H groups in total. The van der Waals surface area contributed by atoms with E-state index in [0.717, 1.165) is 11.8 Å². The summed E-state index contributed by atoms with van der Waals surface area (Å²) in [5, 5.41) is 0. The SMILES string of the molecule is CC(C)C1CC2=C(CCC=C2)C1. The molecule has 0 aliphatic heterocycles. The number of hydrogen-bond donors (Lipinski definition) is 0. The molecule has 0 saturated heterocycles. The van der Waals surface area contributed by atoms with Crippen LogP contribution in [0, 0.1) is 11.8 Å². The highest BCUT2D eigenvalue weighted by molar-refractivity contribution is 5.34. The Bertz CT molecular complexity index is 230. The maximum atomic E-state index is 2.36. The zero-order valence-electron chi connectivity index (χ0n) is 8.14. The monoisotopic (exact) mass is 162 g/mol. The molecule has 1 atom stereocenters. The summed E-state index contributed by atoms with van der Waals surface area (Å²) in [4.78, 5) is 0. The Labute approximate surface area is 75.4 Å². The van der Waals surface area contributed by atoms with Crippen LogP contribution in [0.2, 0.25) is 0 Å². The second-order valence-electron chi connectivity index (χ2n) is 4.48. The largest absolute Gasteiger partial charge is 0.0839 e. The van der Waals surface area contributed by atoms with Crippen LogP contribution in [-0.4, -0.2) is 0 Å². The molecule has 0 aromatic carbocycles. The molecule has 0 aromatic heterocycles. The quantitative estimate of drug-likeness (QED) is 0.551. The van der Waals surface area contributed by atoms with E-state index in [1.165, 1.54) is 25.7 Å². The molecule has 0 nitrogen and oxygen atoms in total. The Balaban J connectivity index is 2.08.